The number of allylic oxidation sites excluding steroid dienone is 1. The second kappa shape index (κ2) is 2.96. The van der Waals surface area contributed by atoms with Crippen molar-refractivity contribution in [3.63, 3.8) is 0 Å². The summed E-state index contributed by atoms with van der Waals surface area (Å²) < 4.78 is 46.9. The molecule has 0 aliphatic carbocycles. The first-order valence-corrected chi connectivity index (χ1v) is 2.93. The molecule has 6 heteroatoms. The fraction of sp³-hybridized carbons (Fsp3) is 0.167. The smallest absolute Gasteiger partial charge is 0.285 e. The Morgan fingerprint density at radius 3 is 2.58 bits per heavy atom. The number of aromatic amines is 1. The third kappa shape index (κ3) is 2.08. The summed E-state index contributed by atoms with van der Waals surface area (Å²) in [5.41, 5.74) is 0.0461. The molecular weight excluding hydrogens is 176 g/mol. The lowest BCUT2D eigenvalue weighted by atomic mass is 10.3. The van der Waals surface area contributed by atoms with Crippen molar-refractivity contribution in [3.05, 3.63) is 23.8 Å². The summed E-state index contributed by atoms with van der Waals surface area (Å²) in [4.78, 5) is 0. The highest BCUT2D eigenvalue weighted by atomic mass is 19.4. The van der Waals surface area contributed by atoms with E-state index >= 15 is 0 Å². The van der Waals surface area contributed by atoms with E-state index in [1.165, 1.54) is 0 Å². The van der Waals surface area contributed by atoms with Crippen LogP contribution >= 0.6 is 0 Å². The Kier molecular flexibility index (Phi) is 2.16. The van der Waals surface area contributed by atoms with Crippen molar-refractivity contribution in [1.82, 2.24) is 10.2 Å². The number of nitrogens with one attached hydrogen (secondary N) is 1. The van der Waals surface area contributed by atoms with Gasteiger partial charge in [0.25, 0.3) is 0 Å². The molecule has 0 spiro atoms. The van der Waals surface area contributed by atoms with Crippen molar-refractivity contribution in [1.29, 1.82) is 0 Å². The van der Waals surface area contributed by atoms with Crippen LogP contribution in [0, 0.1) is 0 Å². The monoisotopic (exact) mass is 180 g/mol. The molecule has 0 amide bonds. The van der Waals surface area contributed by atoms with Gasteiger partial charge in [-0.1, -0.05) is 0 Å². The molecular formula is C6H4F4N2. The molecule has 1 aromatic heterocycles. The highest BCUT2D eigenvalue weighted by Gasteiger charge is 2.34. The van der Waals surface area contributed by atoms with E-state index in [0.29, 0.717) is 6.08 Å². The topological polar surface area (TPSA) is 28.7 Å². The Morgan fingerprint density at radius 2 is 2.17 bits per heavy atom. The lowest BCUT2D eigenvalue weighted by Crippen LogP contribution is -2.07. The summed E-state index contributed by atoms with van der Waals surface area (Å²) in [7, 11) is 0. The number of alkyl halides is 3. The largest absolute Gasteiger partial charge is 0.442 e. The predicted octanol–water partition coefficient (Wildman–Crippen LogP) is 2.28. The fourth-order valence-electron chi connectivity index (χ4n) is 0.568. The molecule has 0 bridgehead atoms. The molecule has 1 rings (SSSR count). The number of H-pyrrole nitrogens is 1. The number of hydrogen-bond donors (Lipinski definition) is 1. The van der Waals surface area contributed by atoms with Crippen LogP contribution in [0.3, 0.4) is 0 Å². The molecule has 12 heavy (non-hydrogen) atoms. The van der Waals surface area contributed by atoms with Gasteiger partial charge in [-0.15, -0.1) is 0 Å². The van der Waals surface area contributed by atoms with Gasteiger partial charge in [0.2, 0.25) is 5.83 Å². The van der Waals surface area contributed by atoms with Gasteiger partial charge in [0.1, 0.15) is 0 Å². The van der Waals surface area contributed by atoms with Crippen molar-refractivity contribution in [2.45, 2.75) is 6.18 Å². The zero-order valence-electron chi connectivity index (χ0n) is 5.69. The Labute approximate surface area is 64.9 Å². The molecule has 0 aliphatic rings. The second-order valence-electron chi connectivity index (χ2n) is 2.02. The molecule has 0 saturated carbocycles. The Hall–Kier alpha value is -1.33. The average molecular weight is 180 g/mol. The van der Waals surface area contributed by atoms with E-state index in [2.05, 4.69) is 10.2 Å². The highest BCUT2D eigenvalue weighted by Crippen LogP contribution is 2.27. The van der Waals surface area contributed by atoms with Crippen LogP contribution in [0.5, 0.6) is 0 Å². The van der Waals surface area contributed by atoms with Gasteiger partial charge in [-0.3, -0.25) is 5.10 Å². The molecule has 0 fully saturated rings. The van der Waals surface area contributed by atoms with Gasteiger partial charge in [-0.25, -0.2) is 4.39 Å². The van der Waals surface area contributed by atoms with E-state index in [9.17, 15) is 17.6 Å². The third-order valence-corrected chi connectivity index (χ3v) is 1.08. The molecule has 1 aromatic rings. The molecule has 2 nitrogen and oxygen atoms in total. The maximum atomic E-state index is 12.2. The van der Waals surface area contributed by atoms with Gasteiger partial charge < -0.3 is 0 Å². The maximum Gasteiger partial charge on any atom is 0.442 e. The SMILES string of the molecule is F/C(=C\c1cn[nH]c1)C(F)(F)F. The first-order valence-electron chi connectivity index (χ1n) is 2.93. The first kappa shape index (κ1) is 8.76. The fourth-order valence-corrected chi connectivity index (χ4v) is 0.568. The van der Waals surface area contributed by atoms with Crippen molar-refractivity contribution in [2.24, 2.45) is 0 Å². The number of hydrogen-bond acceptors (Lipinski definition) is 1. The Morgan fingerprint density at radius 1 is 1.50 bits per heavy atom. The van der Waals surface area contributed by atoms with Crippen LogP contribution in [-0.4, -0.2) is 16.4 Å². The number of rotatable bonds is 1. The van der Waals surface area contributed by atoms with Crippen LogP contribution in [0.25, 0.3) is 6.08 Å². The third-order valence-electron chi connectivity index (χ3n) is 1.08. The number of aromatic nitrogens is 2. The number of nitrogens with zero attached hydrogens (tertiary/aromatic N) is 1. The van der Waals surface area contributed by atoms with Gasteiger partial charge >= 0.3 is 6.18 Å². The molecule has 0 radical (unpaired) electrons. The zero-order valence-corrected chi connectivity index (χ0v) is 5.69. The average Bonchev–Trinajstić information content (AvgIpc) is 2.37. The number of halogens is 4. The Balaban J connectivity index is 2.84. The van der Waals surface area contributed by atoms with Crippen molar-refractivity contribution < 1.29 is 17.6 Å². The van der Waals surface area contributed by atoms with Crippen LogP contribution in [0.15, 0.2) is 18.2 Å². The van der Waals surface area contributed by atoms with Gasteiger partial charge in [-0.2, -0.15) is 18.3 Å². The zero-order chi connectivity index (χ0) is 9.19. The molecule has 66 valence electrons. The minimum atomic E-state index is -4.92. The van der Waals surface area contributed by atoms with E-state index in [1.807, 2.05) is 0 Å². The normalized spacial score (nSPS) is 13.5. The van der Waals surface area contributed by atoms with Gasteiger partial charge in [-0.05, 0) is 6.08 Å². The summed E-state index contributed by atoms with van der Waals surface area (Å²) in [5, 5.41) is 5.61. The summed E-state index contributed by atoms with van der Waals surface area (Å²) in [6.45, 7) is 0. The van der Waals surface area contributed by atoms with E-state index in [0.717, 1.165) is 12.4 Å². The summed E-state index contributed by atoms with van der Waals surface area (Å²) in [6.07, 6.45) is -2.31. The summed E-state index contributed by atoms with van der Waals surface area (Å²) >= 11 is 0. The van der Waals surface area contributed by atoms with Crippen LogP contribution < -0.4 is 0 Å². The first-order chi connectivity index (χ1) is 5.50. The highest BCUT2D eigenvalue weighted by molar-refractivity contribution is 5.49. The van der Waals surface area contributed by atoms with E-state index in [1.54, 1.807) is 0 Å². The minimum absolute atomic E-state index is 0.0461. The van der Waals surface area contributed by atoms with E-state index in [-0.39, 0.29) is 5.56 Å². The van der Waals surface area contributed by atoms with Crippen LogP contribution in [-0.2, 0) is 0 Å². The standard InChI is InChI=1S/C6H4F4N2/c7-5(6(8,9)10)1-4-2-11-12-3-4/h1-3H,(H,11,12)/b5-1-. The molecule has 0 unspecified atom stereocenters. The van der Waals surface area contributed by atoms with E-state index < -0.39 is 12.0 Å². The van der Waals surface area contributed by atoms with Crippen molar-refractivity contribution >= 4 is 6.08 Å². The van der Waals surface area contributed by atoms with Crippen LogP contribution in [0.2, 0.25) is 0 Å². The molecule has 1 heterocycles. The molecule has 0 atom stereocenters. The van der Waals surface area contributed by atoms with Crippen molar-refractivity contribution in [2.75, 3.05) is 0 Å². The summed E-state index contributed by atoms with van der Waals surface area (Å²) in [6, 6.07) is 0. The van der Waals surface area contributed by atoms with Gasteiger partial charge in [0, 0.05) is 11.8 Å². The predicted molar refractivity (Wildman–Crippen MR) is 33.7 cm³/mol. The van der Waals surface area contributed by atoms with Crippen LogP contribution in [0.4, 0.5) is 17.6 Å². The van der Waals surface area contributed by atoms with Crippen molar-refractivity contribution in [3.8, 4) is 0 Å². The second-order valence-corrected chi connectivity index (χ2v) is 2.02. The molecule has 1 N–H and O–H groups in total. The lowest BCUT2D eigenvalue weighted by molar-refractivity contribution is -0.107. The molecule has 0 aromatic carbocycles. The molecule has 0 aliphatic heterocycles. The van der Waals surface area contributed by atoms with Gasteiger partial charge in [0.05, 0.1) is 6.20 Å². The van der Waals surface area contributed by atoms with Gasteiger partial charge in [0.15, 0.2) is 0 Å². The Bertz CT molecular complexity index is 272. The quantitative estimate of drug-likeness (QED) is 0.660. The lowest BCUT2D eigenvalue weighted by Gasteiger charge is -2.00. The summed E-state index contributed by atoms with van der Waals surface area (Å²) in [5.74, 6) is -2.14. The maximum absolute atomic E-state index is 12.2. The van der Waals surface area contributed by atoms with Crippen LogP contribution in [0.1, 0.15) is 5.56 Å². The van der Waals surface area contributed by atoms with E-state index in [4.69, 9.17) is 0 Å². The molecule has 0 saturated heterocycles. The minimum Gasteiger partial charge on any atom is -0.285 e.